The van der Waals surface area contributed by atoms with Crippen molar-refractivity contribution in [1.29, 1.82) is 0 Å². The molecule has 0 saturated carbocycles. The second kappa shape index (κ2) is 32.4. The second-order valence-electron chi connectivity index (χ2n) is 14.6. The molecule has 310 valence electrons. The smallest absolute Gasteiger partial charge is 0.397 e. The van der Waals surface area contributed by atoms with Crippen LogP contribution in [0.1, 0.15) is 181 Å². The van der Waals surface area contributed by atoms with Gasteiger partial charge in [0.25, 0.3) is 0 Å². The lowest BCUT2D eigenvalue weighted by atomic mass is 9.99. The first-order valence-corrected chi connectivity index (χ1v) is 22.2. The highest BCUT2D eigenvalue weighted by atomic mass is 32.3. The summed E-state index contributed by atoms with van der Waals surface area (Å²) < 4.78 is 58.8. The molecule has 0 bridgehead atoms. The zero-order valence-corrected chi connectivity index (χ0v) is 33.5. The Morgan fingerprint density at radius 2 is 1.10 bits per heavy atom. The highest BCUT2D eigenvalue weighted by Crippen LogP contribution is 2.26. The van der Waals surface area contributed by atoms with Crippen LogP contribution in [0, 0.1) is 0 Å². The summed E-state index contributed by atoms with van der Waals surface area (Å²) in [4.78, 5) is 12.8. The van der Waals surface area contributed by atoms with Gasteiger partial charge in [0, 0.05) is 13.0 Å². The summed E-state index contributed by atoms with van der Waals surface area (Å²) in [7, 11) is -5.05. The van der Waals surface area contributed by atoms with E-state index in [2.05, 4.69) is 18.0 Å². The second-order valence-corrected chi connectivity index (χ2v) is 15.6. The van der Waals surface area contributed by atoms with Gasteiger partial charge in [-0.3, -0.25) is 9.35 Å². The van der Waals surface area contributed by atoms with Crippen molar-refractivity contribution in [3.63, 3.8) is 0 Å². The molecule has 0 aromatic rings. The first kappa shape index (κ1) is 49.1. The van der Waals surface area contributed by atoms with Crippen molar-refractivity contribution in [2.75, 3.05) is 26.4 Å². The van der Waals surface area contributed by atoms with E-state index < -0.39 is 59.8 Å². The van der Waals surface area contributed by atoms with Gasteiger partial charge in [-0.25, -0.2) is 4.18 Å². The standard InChI is InChI=1S/C39H76O12S/c1-3-5-7-9-11-13-15-16-17-19-21-23-25-27-29-47-31-33(49-35(41)28-26-24-22-20-18-14-12-10-8-6-4-2)32-48-39-37(43)38(51-52(44,45)46)36(42)34(30-40)50-39/h33-34,36-40,42-43H,3-32H2,1-2H3,(H,44,45,46). The van der Waals surface area contributed by atoms with E-state index in [0.29, 0.717) is 13.0 Å². The molecule has 6 atom stereocenters. The fourth-order valence-electron chi connectivity index (χ4n) is 6.56. The highest BCUT2D eigenvalue weighted by Gasteiger charge is 2.48. The molecule has 13 heteroatoms. The van der Waals surface area contributed by atoms with Gasteiger partial charge >= 0.3 is 16.4 Å². The Hall–Kier alpha value is -0.900. The third-order valence-electron chi connectivity index (χ3n) is 9.73. The Morgan fingerprint density at radius 1 is 0.654 bits per heavy atom. The number of aliphatic hydroxyl groups is 3. The lowest BCUT2D eigenvalue weighted by molar-refractivity contribution is -0.301. The van der Waals surface area contributed by atoms with Gasteiger partial charge in [-0.15, -0.1) is 0 Å². The van der Waals surface area contributed by atoms with E-state index in [1.165, 1.54) is 116 Å². The van der Waals surface area contributed by atoms with Gasteiger partial charge in [-0.1, -0.05) is 162 Å². The van der Waals surface area contributed by atoms with Gasteiger partial charge in [0.1, 0.15) is 30.5 Å². The van der Waals surface area contributed by atoms with Crippen LogP contribution in [0.5, 0.6) is 0 Å². The summed E-state index contributed by atoms with van der Waals surface area (Å²) >= 11 is 0. The average molecular weight is 769 g/mol. The maximum Gasteiger partial charge on any atom is 0.397 e. The average Bonchev–Trinajstić information content (AvgIpc) is 3.11. The molecule has 0 aromatic carbocycles. The van der Waals surface area contributed by atoms with E-state index in [0.717, 1.165) is 38.5 Å². The van der Waals surface area contributed by atoms with Crippen LogP contribution in [-0.4, -0.2) is 97.5 Å². The van der Waals surface area contributed by atoms with Gasteiger partial charge in [0.05, 0.1) is 19.8 Å². The molecule has 1 fully saturated rings. The maximum absolute atomic E-state index is 12.8. The fraction of sp³-hybridized carbons (Fsp3) is 0.974. The lowest BCUT2D eigenvalue weighted by Gasteiger charge is -2.41. The number of hydrogen-bond donors (Lipinski definition) is 4. The molecule has 1 aliphatic rings. The Bertz CT molecular complexity index is 936. The van der Waals surface area contributed by atoms with Gasteiger partial charge in [0.15, 0.2) is 6.29 Å². The monoisotopic (exact) mass is 769 g/mol. The summed E-state index contributed by atoms with van der Waals surface area (Å²) in [6, 6.07) is 0. The maximum atomic E-state index is 12.8. The van der Waals surface area contributed by atoms with Crippen LogP contribution >= 0.6 is 0 Å². The molecule has 0 spiro atoms. The van der Waals surface area contributed by atoms with Crippen molar-refractivity contribution >= 4 is 16.4 Å². The quantitative estimate of drug-likeness (QED) is 0.0277. The number of ether oxygens (including phenoxy) is 4. The molecule has 0 radical (unpaired) electrons. The molecule has 6 unspecified atom stereocenters. The van der Waals surface area contributed by atoms with Crippen molar-refractivity contribution in [2.45, 2.75) is 218 Å². The Balaban J connectivity index is 2.46. The van der Waals surface area contributed by atoms with E-state index in [-0.39, 0.29) is 19.6 Å². The zero-order valence-electron chi connectivity index (χ0n) is 32.6. The summed E-state index contributed by atoms with van der Waals surface area (Å²) in [5, 5.41) is 30.5. The number of aliphatic hydroxyl groups excluding tert-OH is 3. The van der Waals surface area contributed by atoms with Crippen LogP contribution in [-0.2, 0) is 38.3 Å². The fourth-order valence-corrected chi connectivity index (χ4v) is 7.06. The molecule has 1 heterocycles. The number of carbonyl (C=O) groups excluding carboxylic acids is 1. The minimum absolute atomic E-state index is 0.0439. The summed E-state index contributed by atoms with van der Waals surface area (Å²) in [5.41, 5.74) is 0. The van der Waals surface area contributed by atoms with Crippen LogP contribution in [0.4, 0.5) is 0 Å². The Morgan fingerprint density at radius 3 is 1.54 bits per heavy atom. The van der Waals surface area contributed by atoms with Crippen molar-refractivity contribution < 1.29 is 56.2 Å². The molecule has 0 aromatic heterocycles. The molecular weight excluding hydrogens is 692 g/mol. The molecule has 1 saturated heterocycles. The van der Waals surface area contributed by atoms with E-state index in [9.17, 15) is 28.5 Å². The number of esters is 1. The number of hydrogen-bond acceptors (Lipinski definition) is 11. The third kappa shape index (κ3) is 26.0. The SMILES string of the molecule is CCCCCCCCCCCCCCCCOCC(COC1OC(CO)C(O)C(OS(=O)(=O)O)C1O)OC(=O)CCCCCCCCCCCCC. The Labute approximate surface area is 316 Å². The molecule has 52 heavy (non-hydrogen) atoms. The number of carbonyl (C=O) groups is 1. The molecule has 1 rings (SSSR count). The number of rotatable bonds is 36. The van der Waals surface area contributed by atoms with Crippen LogP contribution in [0.25, 0.3) is 0 Å². The van der Waals surface area contributed by atoms with Crippen molar-refractivity contribution in [1.82, 2.24) is 0 Å². The molecular formula is C39H76O12S. The Kier molecular flexibility index (Phi) is 30.6. The minimum Gasteiger partial charge on any atom is -0.457 e. The van der Waals surface area contributed by atoms with Gasteiger partial charge in [-0.05, 0) is 12.8 Å². The minimum atomic E-state index is -5.05. The molecule has 4 N–H and O–H groups in total. The molecule has 1 aliphatic heterocycles. The first-order chi connectivity index (χ1) is 25.1. The van der Waals surface area contributed by atoms with E-state index in [4.69, 9.17) is 23.5 Å². The van der Waals surface area contributed by atoms with Gasteiger partial charge in [0.2, 0.25) is 0 Å². The highest BCUT2D eigenvalue weighted by molar-refractivity contribution is 7.80. The number of unbranched alkanes of at least 4 members (excludes halogenated alkanes) is 23. The lowest BCUT2D eigenvalue weighted by Crippen LogP contribution is -2.60. The summed E-state index contributed by atoms with van der Waals surface area (Å²) in [6.07, 6.45) is 21.4. The third-order valence-corrected chi connectivity index (χ3v) is 10.2. The zero-order chi connectivity index (χ0) is 38.3. The molecule has 0 aliphatic carbocycles. The van der Waals surface area contributed by atoms with Crippen molar-refractivity contribution in [3.8, 4) is 0 Å². The van der Waals surface area contributed by atoms with Crippen molar-refractivity contribution in [2.24, 2.45) is 0 Å². The van der Waals surface area contributed by atoms with Crippen LogP contribution < -0.4 is 0 Å². The summed E-state index contributed by atoms with van der Waals surface area (Å²) in [6.45, 7) is 3.99. The van der Waals surface area contributed by atoms with Crippen molar-refractivity contribution in [3.05, 3.63) is 0 Å². The normalized spacial score (nSPS) is 21.4. The first-order valence-electron chi connectivity index (χ1n) is 20.8. The van der Waals surface area contributed by atoms with Gasteiger partial charge in [-0.2, -0.15) is 8.42 Å². The molecule has 12 nitrogen and oxygen atoms in total. The predicted molar refractivity (Wildman–Crippen MR) is 202 cm³/mol. The topological polar surface area (TPSA) is 178 Å². The van der Waals surface area contributed by atoms with Crippen LogP contribution in [0.15, 0.2) is 0 Å². The van der Waals surface area contributed by atoms with E-state index in [1.807, 2.05) is 0 Å². The van der Waals surface area contributed by atoms with E-state index in [1.54, 1.807) is 0 Å². The predicted octanol–water partition coefficient (Wildman–Crippen LogP) is 7.74. The largest absolute Gasteiger partial charge is 0.457 e. The molecule has 0 amide bonds. The van der Waals surface area contributed by atoms with Crippen LogP contribution in [0.2, 0.25) is 0 Å². The van der Waals surface area contributed by atoms with Gasteiger partial charge < -0.3 is 34.3 Å². The van der Waals surface area contributed by atoms with E-state index >= 15 is 0 Å². The van der Waals surface area contributed by atoms with Crippen LogP contribution in [0.3, 0.4) is 0 Å². The summed E-state index contributed by atoms with van der Waals surface area (Å²) in [5.74, 6) is -0.397.